The van der Waals surface area contributed by atoms with Gasteiger partial charge in [-0.2, -0.15) is 0 Å². The number of amides is 2. The second kappa shape index (κ2) is 8.21. The van der Waals surface area contributed by atoms with Crippen LogP contribution in [0.3, 0.4) is 0 Å². The van der Waals surface area contributed by atoms with Gasteiger partial charge in [-0.3, -0.25) is 9.59 Å². The van der Waals surface area contributed by atoms with E-state index in [0.717, 1.165) is 5.56 Å². The van der Waals surface area contributed by atoms with E-state index in [-0.39, 0.29) is 13.1 Å². The molecule has 5 nitrogen and oxygen atoms in total. The Morgan fingerprint density at radius 3 is 2.38 bits per heavy atom. The van der Waals surface area contributed by atoms with Crippen molar-refractivity contribution in [2.75, 3.05) is 20.2 Å². The van der Waals surface area contributed by atoms with E-state index in [4.69, 9.17) is 4.74 Å². The monoisotopic (exact) mass is 290 g/mol. The van der Waals surface area contributed by atoms with Crippen LogP contribution in [0.15, 0.2) is 43.0 Å². The number of rotatable bonds is 7. The Kier molecular flexibility index (Phi) is 6.62. The second-order valence-electron chi connectivity index (χ2n) is 4.60. The van der Waals surface area contributed by atoms with Crippen molar-refractivity contribution in [1.29, 1.82) is 0 Å². The molecule has 1 aromatic carbocycles. The highest BCUT2D eigenvalue weighted by Crippen LogP contribution is 2.27. The van der Waals surface area contributed by atoms with Crippen molar-refractivity contribution in [3.05, 3.63) is 48.6 Å². The third-order valence-corrected chi connectivity index (χ3v) is 3.41. The first-order chi connectivity index (χ1) is 10.1. The van der Waals surface area contributed by atoms with E-state index in [0.29, 0.717) is 6.42 Å². The molecule has 0 bridgehead atoms. The van der Waals surface area contributed by atoms with Gasteiger partial charge in [0.25, 0.3) is 0 Å². The molecule has 0 aliphatic heterocycles. The van der Waals surface area contributed by atoms with Crippen LogP contribution in [0.2, 0.25) is 0 Å². The molecule has 5 heteroatoms. The predicted octanol–water partition coefficient (Wildman–Crippen LogP) is 1.36. The van der Waals surface area contributed by atoms with Crippen molar-refractivity contribution in [3.63, 3.8) is 0 Å². The fourth-order valence-electron chi connectivity index (χ4n) is 2.06. The summed E-state index contributed by atoms with van der Waals surface area (Å²) in [6.07, 6.45) is 2.18. The number of ether oxygens (including phenoxy) is 1. The Morgan fingerprint density at radius 2 is 1.86 bits per heavy atom. The summed E-state index contributed by atoms with van der Waals surface area (Å²) in [4.78, 5) is 23.3. The van der Waals surface area contributed by atoms with E-state index in [1.807, 2.05) is 37.3 Å². The number of methoxy groups -OCH3 is 1. The first-order valence-electron chi connectivity index (χ1n) is 6.87. The molecule has 2 amide bonds. The molecule has 0 fully saturated rings. The normalized spacial score (nSPS) is 13.0. The molecule has 1 unspecified atom stereocenters. The van der Waals surface area contributed by atoms with Gasteiger partial charge in [0.15, 0.2) is 0 Å². The molecule has 114 valence electrons. The average molecular weight is 290 g/mol. The summed E-state index contributed by atoms with van der Waals surface area (Å²) >= 11 is 0. The third-order valence-electron chi connectivity index (χ3n) is 3.41. The molecule has 21 heavy (non-hydrogen) atoms. The zero-order valence-corrected chi connectivity index (χ0v) is 12.5. The molecule has 0 aliphatic carbocycles. The Labute approximate surface area is 125 Å². The van der Waals surface area contributed by atoms with Crippen LogP contribution in [0, 0.1) is 0 Å². The molecule has 0 saturated carbocycles. The zero-order chi connectivity index (χ0) is 15.7. The fourth-order valence-corrected chi connectivity index (χ4v) is 2.06. The molecule has 1 atom stereocenters. The topological polar surface area (TPSA) is 67.4 Å². The smallest absolute Gasteiger partial charge is 0.309 e. The van der Waals surface area contributed by atoms with Crippen molar-refractivity contribution >= 4 is 11.8 Å². The standard InChI is InChI=1S/C16H22N2O3/c1-4-11-17-14(19)15(20)18-12-16(5-2,21-3)13-9-7-6-8-10-13/h4,6-10H,1,5,11-12H2,2-3H3,(H,17,19)(H,18,20). The molecule has 0 radical (unpaired) electrons. The summed E-state index contributed by atoms with van der Waals surface area (Å²) in [7, 11) is 1.60. The second-order valence-corrected chi connectivity index (χ2v) is 4.60. The molecule has 1 aromatic rings. The maximum atomic E-state index is 11.7. The SMILES string of the molecule is C=CCNC(=O)C(=O)NCC(CC)(OC)c1ccccc1. The molecule has 0 aliphatic rings. The maximum Gasteiger partial charge on any atom is 0.309 e. The Morgan fingerprint density at radius 1 is 1.24 bits per heavy atom. The highest BCUT2D eigenvalue weighted by atomic mass is 16.5. The lowest BCUT2D eigenvalue weighted by Gasteiger charge is -2.32. The van der Waals surface area contributed by atoms with Crippen LogP contribution < -0.4 is 10.6 Å². The molecule has 0 heterocycles. The van der Waals surface area contributed by atoms with E-state index >= 15 is 0 Å². The summed E-state index contributed by atoms with van der Waals surface area (Å²) in [5.41, 5.74) is 0.317. The van der Waals surface area contributed by atoms with E-state index in [1.165, 1.54) is 6.08 Å². The van der Waals surface area contributed by atoms with Gasteiger partial charge in [-0.25, -0.2) is 0 Å². The number of nitrogens with one attached hydrogen (secondary N) is 2. The van der Waals surface area contributed by atoms with Crippen LogP contribution in [-0.2, 0) is 19.9 Å². The Bertz CT molecular complexity index is 482. The number of carbonyl (C=O) groups is 2. The molecule has 0 aromatic heterocycles. The van der Waals surface area contributed by atoms with Gasteiger partial charge in [0.1, 0.15) is 5.60 Å². The Hall–Kier alpha value is -2.14. The lowest BCUT2D eigenvalue weighted by molar-refractivity contribution is -0.140. The minimum atomic E-state index is -0.678. The molecular weight excluding hydrogens is 268 g/mol. The van der Waals surface area contributed by atoms with E-state index in [1.54, 1.807) is 7.11 Å². The van der Waals surface area contributed by atoms with Crippen molar-refractivity contribution < 1.29 is 14.3 Å². The van der Waals surface area contributed by atoms with Crippen LogP contribution in [0.1, 0.15) is 18.9 Å². The van der Waals surface area contributed by atoms with Crippen LogP contribution >= 0.6 is 0 Å². The van der Waals surface area contributed by atoms with Crippen LogP contribution in [0.25, 0.3) is 0 Å². The van der Waals surface area contributed by atoms with Crippen LogP contribution in [0.4, 0.5) is 0 Å². The first-order valence-corrected chi connectivity index (χ1v) is 6.87. The van der Waals surface area contributed by atoms with Gasteiger partial charge in [-0.15, -0.1) is 6.58 Å². The predicted molar refractivity (Wildman–Crippen MR) is 81.6 cm³/mol. The molecular formula is C16H22N2O3. The van der Waals surface area contributed by atoms with Gasteiger partial charge < -0.3 is 15.4 Å². The summed E-state index contributed by atoms with van der Waals surface area (Å²) in [6.45, 7) is 5.93. The fraction of sp³-hybridized carbons (Fsp3) is 0.375. The minimum absolute atomic E-state index is 0.227. The largest absolute Gasteiger partial charge is 0.372 e. The molecule has 2 N–H and O–H groups in total. The molecule has 0 spiro atoms. The highest BCUT2D eigenvalue weighted by Gasteiger charge is 2.31. The summed E-state index contributed by atoms with van der Waals surface area (Å²) in [5, 5.41) is 5.06. The van der Waals surface area contributed by atoms with E-state index < -0.39 is 17.4 Å². The first kappa shape index (κ1) is 16.9. The van der Waals surface area contributed by atoms with Gasteiger partial charge in [-0.05, 0) is 12.0 Å². The van der Waals surface area contributed by atoms with Gasteiger partial charge in [0.2, 0.25) is 0 Å². The molecule has 0 saturated heterocycles. The quantitative estimate of drug-likeness (QED) is 0.588. The molecule has 1 rings (SSSR count). The number of hydrogen-bond acceptors (Lipinski definition) is 3. The van der Waals surface area contributed by atoms with Gasteiger partial charge in [0, 0.05) is 13.7 Å². The number of carbonyl (C=O) groups excluding carboxylic acids is 2. The summed E-state index contributed by atoms with van der Waals surface area (Å²) < 4.78 is 5.62. The lowest BCUT2D eigenvalue weighted by atomic mass is 9.90. The van der Waals surface area contributed by atoms with Gasteiger partial charge in [-0.1, -0.05) is 43.3 Å². The van der Waals surface area contributed by atoms with Gasteiger partial charge in [0.05, 0.1) is 6.54 Å². The number of benzene rings is 1. The van der Waals surface area contributed by atoms with Gasteiger partial charge >= 0.3 is 11.8 Å². The third kappa shape index (κ3) is 4.43. The van der Waals surface area contributed by atoms with Crippen molar-refractivity contribution in [1.82, 2.24) is 10.6 Å². The number of hydrogen-bond donors (Lipinski definition) is 2. The maximum absolute atomic E-state index is 11.7. The Balaban J connectivity index is 2.74. The zero-order valence-electron chi connectivity index (χ0n) is 12.5. The van der Waals surface area contributed by atoms with Crippen molar-refractivity contribution in [2.45, 2.75) is 18.9 Å². The highest BCUT2D eigenvalue weighted by molar-refractivity contribution is 6.35. The van der Waals surface area contributed by atoms with Crippen LogP contribution in [0.5, 0.6) is 0 Å². The van der Waals surface area contributed by atoms with E-state index in [2.05, 4.69) is 17.2 Å². The summed E-state index contributed by atoms with van der Waals surface area (Å²) in [5.74, 6) is -1.35. The average Bonchev–Trinajstić information content (AvgIpc) is 2.54. The van der Waals surface area contributed by atoms with Crippen molar-refractivity contribution in [2.24, 2.45) is 0 Å². The van der Waals surface area contributed by atoms with E-state index in [9.17, 15) is 9.59 Å². The lowest BCUT2D eigenvalue weighted by Crippen LogP contribution is -2.47. The van der Waals surface area contributed by atoms with Crippen molar-refractivity contribution in [3.8, 4) is 0 Å². The minimum Gasteiger partial charge on any atom is -0.372 e. The van der Waals surface area contributed by atoms with Crippen LogP contribution in [-0.4, -0.2) is 32.0 Å². The summed E-state index contributed by atoms with van der Waals surface area (Å²) in [6, 6.07) is 9.63.